The lowest BCUT2D eigenvalue weighted by Gasteiger charge is -2.33. The molecule has 0 bridgehead atoms. The third-order valence-electron chi connectivity index (χ3n) is 3.99. The van der Waals surface area contributed by atoms with Crippen LogP contribution in [0.1, 0.15) is 32.6 Å². The molecular weight excluding hydrogens is 273 g/mol. The van der Waals surface area contributed by atoms with Crippen molar-refractivity contribution in [2.75, 3.05) is 25.0 Å². The Hall–Kier alpha value is -1.69. The fourth-order valence-electron chi connectivity index (χ4n) is 2.79. The first-order valence-electron chi connectivity index (χ1n) is 7.49. The van der Waals surface area contributed by atoms with Gasteiger partial charge in [0.05, 0.1) is 11.0 Å². The predicted molar refractivity (Wildman–Crippen MR) is 81.0 cm³/mol. The van der Waals surface area contributed by atoms with E-state index in [1.54, 1.807) is 0 Å². The Kier molecular flexibility index (Phi) is 5.50. The van der Waals surface area contributed by atoms with Crippen molar-refractivity contribution in [3.8, 4) is 0 Å². The summed E-state index contributed by atoms with van der Waals surface area (Å²) in [6.07, 6.45) is 4.76. The van der Waals surface area contributed by atoms with E-state index in [0.717, 1.165) is 25.6 Å². The Balaban J connectivity index is 1.79. The van der Waals surface area contributed by atoms with Crippen molar-refractivity contribution >= 4 is 11.4 Å². The van der Waals surface area contributed by atoms with Crippen LogP contribution >= 0.6 is 0 Å². The molecule has 116 valence electrons. The maximum absolute atomic E-state index is 13.3. The molecule has 1 aromatic rings. The van der Waals surface area contributed by atoms with Gasteiger partial charge in [0.1, 0.15) is 5.82 Å². The fraction of sp³-hybridized carbons (Fsp3) is 0.600. The molecule has 1 heterocycles. The first kappa shape index (κ1) is 15.7. The molecule has 1 aliphatic rings. The van der Waals surface area contributed by atoms with Crippen LogP contribution in [-0.2, 0) is 0 Å². The number of piperidine rings is 1. The van der Waals surface area contributed by atoms with E-state index < -0.39 is 10.7 Å². The molecule has 1 atom stereocenters. The SMILES string of the molecule is CC1CCCCN1CCCNc1cc(F)cc([N+](=O)[O-])c1. The number of nitro benzene ring substituents is 1. The summed E-state index contributed by atoms with van der Waals surface area (Å²) in [5, 5.41) is 13.7. The average molecular weight is 295 g/mol. The number of hydrogen-bond donors (Lipinski definition) is 1. The monoisotopic (exact) mass is 295 g/mol. The van der Waals surface area contributed by atoms with E-state index in [-0.39, 0.29) is 5.69 Å². The van der Waals surface area contributed by atoms with Crippen LogP contribution in [0.25, 0.3) is 0 Å². The van der Waals surface area contributed by atoms with Crippen LogP contribution in [0.15, 0.2) is 18.2 Å². The number of rotatable bonds is 6. The van der Waals surface area contributed by atoms with Gasteiger partial charge in [0, 0.05) is 30.9 Å². The van der Waals surface area contributed by atoms with Crippen molar-refractivity contribution in [1.29, 1.82) is 0 Å². The number of halogens is 1. The van der Waals surface area contributed by atoms with E-state index >= 15 is 0 Å². The van der Waals surface area contributed by atoms with Gasteiger partial charge in [-0.3, -0.25) is 10.1 Å². The summed E-state index contributed by atoms with van der Waals surface area (Å²) in [5.41, 5.74) is 0.246. The molecule has 0 spiro atoms. The van der Waals surface area contributed by atoms with Gasteiger partial charge in [-0.25, -0.2) is 4.39 Å². The van der Waals surface area contributed by atoms with Gasteiger partial charge in [0.15, 0.2) is 0 Å². The highest BCUT2D eigenvalue weighted by molar-refractivity contribution is 5.51. The maximum atomic E-state index is 13.3. The number of hydrogen-bond acceptors (Lipinski definition) is 4. The van der Waals surface area contributed by atoms with Gasteiger partial charge in [0.2, 0.25) is 0 Å². The Morgan fingerprint density at radius 2 is 2.24 bits per heavy atom. The molecule has 1 fully saturated rings. The smallest absolute Gasteiger partial charge is 0.274 e. The van der Waals surface area contributed by atoms with E-state index in [9.17, 15) is 14.5 Å². The van der Waals surface area contributed by atoms with Gasteiger partial charge < -0.3 is 10.2 Å². The number of likely N-dealkylation sites (tertiary alicyclic amines) is 1. The molecule has 0 aromatic heterocycles. The van der Waals surface area contributed by atoms with Crippen LogP contribution < -0.4 is 5.32 Å². The number of anilines is 1. The standard InChI is InChI=1S/C15H22FN3O2/c1-12-5-2-3-7-18(12)8-4-6-17-14-9-13(16)10-15(11-14)19(20)21/h9-12,17H,2-8H2,1H3. The molecule has 0 radical (unpaired) electrons. The van der Waals surface area contributed by atoms with Crippen LogP contribution in [0.3, 0.4) is 0 Å². The van der Waals surface area contributed by atoms with Crippen LogP contribution in [0, 0.1) is 15.9 Å². The van der Waals surface area contributed by atoms with Crippen molar-refractivity contribution in [2.24, 2.45) is 0 Å². The van der Waals surface area contributed by atoms with Gasteiger partial charge in [-0.15, -0.1) is 0 Å². The summed E-state index contributed by atoms with van der Waals surface area (Å²) in [5.74, 6) is -0.587. The number of nitrogens with zero attached hydrogens (tertiary/aromatic N) is 2. The van der Waals surface area contributed by atoms with E-state index in [4.69, 9.17) is 0 Å². The molecular formula is C15H22FN3O2. The summed E-state index contributed by atoms with van der Waals surface area (Å²) < 4.78 is 13.3. The van der Waals surface area contributed by atoms with Gasteiger partial charge in [0.25, 0.3) is 5.69 Å². The van der Waals surface area contributed by atoms with Crippen molar-refractivity contribution < 1.29 is 9.31 Å². The highest BCUT2D eigenvalue weighted by Crippen LogP contribution is 2.20. The quantitative estimate of drug-likeness (QED) is 0.496. The van der Waals surface area contributed by atoms with E-state index in [0.29, 0.717) is 18.3 Å². The lowest BCUT2D eigenvalue weighted by Crippen LogP contribution is -2.38. The molecule has 1 N–H and O–H groups in total. The summed E-state index contributed by atoms with van der Waals surface area (Å²) in [4.78, 5) is 12.6. The lowest BCUT2D eigenvalue weighted by molar-refractivity contribution is -0.385. The minimum absolute atomic E-state index is 0.220. The van der Waals surface area contributed by atoms with Gasteiger partial charge >= 0.3 is 0 Å². The maximum Gasteiger partial charge on any atom is 0.274 e. The second-order valence-corrected chi connectivity index (χ2v) is 5.62. The molecule has 0 amide bonds. The Bertz CT molecular complexity index is 496. The molecule has 1 aliphatic heterocycles. The molecule has 0 saturated carbocycles. The molecule has 21 heavy (non-hydrogen) atoms. The largest absolute Gasteiger partial charge is 0.385 e. The zero-order valence-corrected chi connectivity index (χ0v) is 12.3. The van der Waals surface area contributed by atoms with Gasteiger partial charge in [-0.05, 0) is 38.8 Å². The molecule has 1 saturated heterocycles. The highest BCUT2D eigenvalue weighted by Gasteiger charge is 2.17. The fourth-order valence-corrected chi connectivity index (χ4v) is 2.79. The number of non-ortho nitro benzene ring substituents is 1. The summed E-state index contributed by atoms with van der Waals surface area (Å²) in [6.45, 7) is 5.09. The normalized spacial score (nSPS) is 19.4. The van der Waals surface area contributed by atoms with Crippen LogP contribution in [-0.4, -0.2) is 35.5 Å². The zero-order chi connectivity index (χ0) is 15.2. The molecule has 1 aromatic carbocycles. The topological polar surface area (TPSA) is 58.4 Å². The Labute approximate surface area is 124 Å². The third-order valence-corrected chi connectivity index (χ3v) is 3.99. The molecule has 5 nitrogen and oxygen atoms in total. The lowest BCUT2D eigenvalue weighted by atomic mass is 10.0. The van der Waals surface area contributed by atoms with Crippen molar-refractivity contribution in [3.63, 3.8) is 0 Å². The van der Waals surface area contributed by atoms with E-state index in [1.807, 2.05) is 0 Å². The van der Waals surface area contributed by atoms with Crippen molar-refractivity contribution in [3.05, 3.63) is 34.1 Å². The van der Waals surface area contributed by atoms with Gasteiger partial charge in [-0.1, -0.05) is 6.42 Å². The first-order chi connectivity index (χ1) is 10.1. The molecule has 0 aliphatic carbocycles. The van der Waals surface area contributed by atoms with Gasteiger partial charge in [-0.2, -0.15) is 0 Å². The molecule has 2 rings (SSSR count). The average Bonchev–Trinajstić information content (AvgIpc) is 2.44. The summed E-state index contributed by atoms with van der Waals surface area (Å²) in [7, 11) is 0. The Morgan fingerprint density at radius 1 is 1.43 bits per heavy atom. The highest BCUT2D eigenvalue weighted by atomic mass is 19.1. The van der Waals surface area contributed by atoms with E-state index in [2.05, 4.69) is 17.1 Å². The van der Waals surface area contributed by atoms with Crippen molar-refractivity contribution in [2.45, 2.75) is 38.6 Å². The minimum Gasteiger partial charge on any atom is -0.385 e. The number of benzene rings is 1. The molecule has 1 unspecified atom stereocenters. The first-order valence-corrected chi connectivity index (χ1v) is 7.49. The summed E-state index contributed by atoms with van der Waals surface area (Å²) in [6, 6.07) is 4.22. The third kappa shape index (κ3) is 4.67. The second-order valence-electron chi connectivity index (χ2n) is 5.62. The second kappa shape index (κ2) is 7.36. The van der Waals surface area contributed by atoms with E-state index in [1.165, 1.54) is 31.4 Å². The van der Waals surface area contributed by atoms with Crippen LogP contribution in [0.2, 0.25) is 0 Å². The van der Waals surface area contributed by atoms with Crippen LogP contribution in [0.4, 0.5) is 15.8 Å². The van der Waals surface area contributed by atoms with Crippen molar-refractivity contribution in [1.82, 2.24) is 4.90 Å². The number of nitrogens with one attached hydrogen (secondary N) is 1. The summed E-state index contributed by atoms with van der Waals surface area (Å²) >= 11 is 0. The predicted octanol–water partition coefficient (Wildman–Crippen LogP) is 3.41. The zero-order valence-electron chi connectivity index (χ0n) is 12.3. The Morgan fingerprint density at radius 3 is 2.95 bits per heavy atom. The number of nitro groups is 1. The van der Waals surface area contributed by atoms with Crippen LogP contribution in [0.5, 0.6) is 0 Å². The molecule has 6 heteroatoms. The minimum atomic E-state index is -0.587.